The Morgan fingerprint density at radius 3 is 2.44 bits per heavy atom. The molecule has 0 aromatic heterocycles. The van der Waals surface area contributed by atoms with Crippen molar-refractivity contribution in [2.45, 2.75) is 60.0 Å². The van der Waals surface area contributed by atoms with E-state index in [4.69, 9.17) is 0 Å². The van der Waals surface area contributed by atoms with Crippen molar-refractivity contribution < 1.29 is 47.4 Å². The van der Waals surface area contributed by atoms with Gasteiger partial charge in [0, 0.05) is 0 Å². The summed E-state index contributed by atoms with van der Waals surface area (Å²) in [5.74, 6) is -0.421. The summed E-state index contributed by atoms with van der Waals surface area (Å²) >= 11 is 0.0219. The molecule has 1 aliphatic rings. The Labute approximate surface area is 244 Å². The summed E-state index contributed by atoms with van der Waals surface area (Å²) in [5, 5.41) is 9.55. The molecule has 39 heavy (non-hydrogen) atoms. The molecule has 1 fully saturated rings. The van der Waals surface area contributed by atoms with E-state index in [0.29, 0.717) is 22.1 Å². The van der Waals surface area contributed by atoms with Gasteiger partial charge in [-0.2, -0.15) is 0 Å². The van der Waals surface area contributed by atoms with Crippen molar-refractivity contribution in [3.05, 3.63) is 57.0 Å². The monoisotopic (exact) mass is 694 g/mol. The van der Waals surface area contributed by atoms with E-state index >= 15 is 4.39 Å². The number of thioether (sulfide) groups is 1. The van der Waals surface area contributed by atoms with E-state index in [1.54, 1.807) is 17.8 Å². The standard InChI is InChI=1S/C26H36FIN4O5S2/c1-30(2)17-14-20(19-38-21-10-6-4-7-11-21)31(3)24-13-12-22(18-23(24)28-32(34)35)39(36,37)29-25(33)26(27)15-8-5-9-16-26/h4,6-7,10-13,18,20H,5,8-9,14-17,19H2,1-3H3,(H,29,33)(H,34,35)/t20-/m1/s1. The first-order valence-corrected chi connectivity index (χ1v) is 17.2. The molecule has 1 saturated carbocycles. The molecule has 9 nitrogen and oxygen atoms in total. The number of halogens is 2. The molecule has 0 heterocycles. The summed E-state index contributed by atoms with van der Waals surface area (Å²) in [7, 11) is 1.47. The molecule has 13 heteroatoms. The molecule has 216 valence electrons. The molecule has 0 unspecified atom stereocenters. The molecule has 0 radical (unpaired) electrons. The zero-order valence-electron chi connectivity index (χ0n) is 22.3. The van der Waals surface area contributed by atoms with Crippen LogP contribution >= 0.6 is 11.8 Å². The maximum atomic E-state index is 15.1. The van der Waals surface area contributed by atoms with Gasteiger partial charge in [-0.05, 0) is 0 Å². The third-order valence-electron chi connectivity index (χ3n) is 6.70. The van der Waals surface area contributed by atoms with Crippen LogP contribution in [0.4, 0.5) is 10.1 Å². The van der Waals surface area contributed by atoms with Gasteiger partial charge in [0.15, 0.2) is 0 Å². The van der Waals surface area contributed by atoms with E-state index in [1.165, 1.54) is 12.1 Å². The van der Waals surface area contributed by atoms with Crippen molar-refractivity contribution >= 4 is 33.4 Å². The summed E-state index contributed by atoms with van der Waals surface area (Å²) in [6.45, 7) is 0.811. The van der Waals surface area contributed by atoms with E-state index in [-0.39, 0.29) is 26.9 Å². The van der Waals surface area contributed by atoms with Gasteiger partial charge in [-0.15, -0.1) is 0 Å². The molecule has 1 amide bonds. The van der Waals surface area contributed by atoms with E-state index in [9.17, 15) is 23.3 Å². The second-order valence-electron chi connectivity index (χ2n) is 9.87. The number of hydrogen-bond acceptors (Lipinski definition) is 7. The average molecular weight is 695 g/mol. The van der Waals surface area contributed by atoms with Crippen molar-refractivity contribution in [2.24, 2.45) is 0 Å². The molecular weight excluding hydrogens is 658 g/mol. The zero-order chi connectivity index (χ0) is 28.6. The number of amides is 1. The Kier molecular flexibility index (Phi) is 11.4. The van der Waals surface area contributed by atoms with Crippen molar-refractivity contribution in [2.75, 3.05) is 38.3 Å². The minimum absolute atomic E-state index is 0.0141. The molecule has 0 bridgehead atoms. The molecule has 2 aromatic rings. The number of rotatable bonds is 13. The number of carbonyl (C=O) groups is 1. The summed E-state index contributed by atoms with van der Waals surface area (Å²) in [6.07, 6.45) is 2.62. The van der Waals surface area contributed by atoms with Gasteiger partial charge in [0.1, 0.15) is 0 Å². The number of nitrogens with one attached hydrogen (secondary N) is 1. The van der Waals surface area contributed by atoms with E-state index in [1.807, 2.05) is 61.1 Å². The zero-order valence-corrected chi connectivity index (χ0v) is 26.1. The predicted molar refractivity (Wildman–Crippen MR) is 145 cm³/mol. The third-order valence-corrected chi connectivity index (χ3v) is 11.0. The average Bonchev–Trinajstić information content (AvgIpc) is 2.88. The maximum absolute atomic E-state index is 15.1. The van der Waals surface area contributed by atoms with Crippen LogP contribution in [0.1, 0.15) is 38.5 Å². The van der Waals surface area contributed by atoms with Gasteiger partial charge in [-0.1, -0.05) is 0 Å². The van der Waals surface area contributed by atoms with Gasteiger partial charge >= 0.3 is 246 Å². The Morgan fingerprint density at radius 1 is 1.15 bits per heavy atom. The van der Waals surface area contributed by atoms with Crippen LogP contribution in [0.25, 0.3) is 0 Å². The van der Waals surface area contributed by atoms with Gasteiger partial charge in [0.05, 0.1) is 0 Å². The Balaban J connectivity index is 1.87. The minimum atomic E-state index is -4.39. The van der Waals surface area contributed by atoms with E-state index < -0.39 is 43.1 Å². The predicted octanol–water partition coefficient (Wildman–Crippen LogP) is 1.05. The van der Waals surface area contributed by atoms with Crippen molar-refractivity contribution in [1.82, 2.24) is 9.62 Å². The number of alkyl halides is 1. The van der Waals surface area contributed by atoms with Crippen LogP contribution in [0.2, 0.25) is 0 Å². The van der Waals surface area contributed by atoms with Crippen LogP contribution in [0.3, 0.4) is 0 Å². The Morgan fingerprint density at radius 2 is 1.82 bits per heavy atom. The van der Waals surface area contributed by atoms with Crippen LogP contribution in [0.5, 0.6) is 0 Å². The number of hydrogen-bond donors (Lipinski definition) is 2. The van der Waals surface area contributed by atoms with E-state index in [0.717, 1.165) is 30.0 Å². The summed E-state index contributed by atoms with van der Waals surface area (Å²) in [5.41, 5.74) is -1.59. The molecule has 2 aromatic carbocycles. The SMILES string of the molecule is CN(C)CC[C@H](CSc1ccccc1)N(C)c1ccc(S(=O)(=O)NC(=O)C2(F)CCCCC2)cc1[I-][N+](=O)O. The van der Waals surface area contributed by atoms with Gasteiger partial charge < -0.3 is 0 Å². The van der Waals surface area contributed by atoms with Gasteiger partial charge in [0.25, 0.3) is 0 Å². The van der Waals surface area contributed by atoms with Crippen LogP contribution in [-0.4, -0.2) is 72.7 Å². The first-order chi connectivity index (χ1) is 18.4. The fourth-order valence-corrected chi connectivity index (χ4v) is 8.53. The topological polar surface area (TPSA) is 110 Å². The van der Waals surface area contributed by atoms with Gasteiger partial charge in [-0.3, -0.25) is 0 Å². The molecule has 2 N–H and O–H groups in total. The third kappa shape index (κ3) is 9.02. The van der Waals surface area contributed by atoms with Gasteiger partial charge in [-0.25, -0.2) is 0 Å². The molecule has 0 aliphatic heterocycles. The molecule has 1 atom stereocenters. The normalized spacial score (nSPS) is 16.1. The second-order valence-corrected chi connectivity index (χ2v) is 15.1. The Hall–Kier alpha value is -1.97. The first kappa shape index (κ1) is 31.6. The molecule has 0 saturated heterocycles. The van der Waals surface area contributed by atoms with Crippen molar-refractivity contribution in [1.29, 1.82) is 0 Å². The quantitative estimate of drug-likeness (QED) is 0.139. The Bertz CT molecular complexity index is 1240. The number of nitrogens with zero attached hydrogens (tertiary/aromatic N) is 3. The summed E-state index contributed by atoms with van der Waals surface area (Å²) in [4.78, 5) is 29.2. The number of anilines is 1. The number of benzene rings is 2. The van der Waals surface area contributed by atoms with Crippen LogP contribution in [0.15, 0.2) is 58.3 Å². The van der Waals surface area contributed by atoms with Gasteiger partial charge in [0.2, 0.25) is 0 Å². The molecular formula is C26H36FIN4O5S2. The van der Waals surface area contributed by atoms with Crippen LogP contribution < -0.4 is 31.1 Å². The first-order valence-electron chi connectivity index (χ1n) is 12.7. The van der Waals surface area contributed by atoms with Crippen LogP contribution in [0, 0.1) is 8.48 Å². The van der Waals surface area contributed by atoms with Crippen molar-refractivity contribution in [3.8, 4) is 0 Å². The molecule has 1 aliphatic carbocycles. The van der Waals surface area contributed by atoms with Crippen LogP contribution in [-0.2, 0) is 14.8 Å². The summed E-state index contributed by atoms with van der Waals surface area (Å²) < 4.78 is 43.3. The number of carbonyl (C=O) groups excluding carboxylic acids is 1. The molecule has 0 spiro atoms. The fourth-order valence-electron chi connectivity index (χ4n) is 4.40. The van der Waals surface area contributed by atoms with E-state index in [2.05, 4.69) is 4.90 Å². The fraction of sp³-hybridized carbons (Fsp3) is 0.500. The number of sulfonamides is 1. The van der Waals surface area contributed by atoms with Crippen molar-refractivity contribution in [3.63, 3.8) is 0 Å². The molecule has 3 rings (SSSR count). The second kappa shape index (κ2) is 14.1. The summed E-state index contributed by atoms with van der Waals surface area (Å²) in [6, 6.07) is 14.2.